The Labute approximate surface area is 76.4 Å². The Morgan fingerprint density at radius 2 is 1.17 bits per heavy atom. The van der Waals surface area contributed by atoms with E-state index in [9.17, 15) is 0 Å². The Bertz CT molecular complexity index is 204. The summed E-state index contributed by atoms with van der Waals surface area (Å²) in [6.07, 6.45) is 4.97. The molecule has 68 valence electrons. The van der Waals surface area contributed by atoms with Gasteiger partial charge in [0.05, 0.1) is 0 Å². The summed E-state index contributed by atoms with van der Waals surface area (Å²) in [5, 5.41) is 0. The molecule has 0 radical (unpaired) electrons. The number of rotatable bonds is 2. The van der Waals surface area contributed by atoms with Gasteiger partial charge < -0.3 is 0 Å². The molecule has 12 heavy (non-hydrogen) atoms. The molecule has 0 saturated heterocycles. The second-order valence-electron chi connectivity index (χ2n) is 3.83. The monoisotopic (exact) mass is 164 g/mol. The summed E-state index contributed by atoms with van der Waals surface area (Å²) in [4.78, 5) is 0. The first-order valence-corrected chi connectivity index (χ1v) is 5.04. The van der Waals surface area contributed by atoms with Gasteiger partial charge in [-0.3, -0.25) is 0 Å². The summed E-state index contributed by atoms with van der Waals surface area (Å²) >= 11 is 0. The summed E-state index contributed by atoms with van der Waals surface area (Å²) < 4.78 is 0. The highest BCUT2D eigenvalue weighted by Crippen LogP contribution is 2.32. The van der Waals surface area contributed by atoms with Crippen LogP contribution in [0, 0.1) is 0 Å². The maximum absolute atomic E-state index is 2.28. The van der Waals surface area contributed by atoms with Crippen LogP contribution in [0.2, 0.25) is 0 Å². The maximum atomic E-state index is 2.28. The molecule has 0 N–H and O–H groups in total. The minimum atomic E-state index is 1.24. The maximum Gasteiger partial charge on any atom is -0.0106 e. The Morgan fingerprint density at radius 1 is 0.833 bits per heavy atom. The van der Waals surface area contributed by atoms with Gasteiger partial charge in [0.2, 0.25) is 0 Å². The van der Waals surface area contributed by atoms with Crippen molar-refractivity contribution in [2.75, 3.05) is 0 Å². The Morgan fingerprint density at radius 3 is 1.42 bits per heavy atom. The fraction of sp³-hybridized carbons (Fsp3) is 0.667. The fourth-order valence-corrected chi connectivity index (χ4v) is 1.94. The Balaban J connectivity index is 2.82. The predicted octanol–water partition coefficient (Wildman–Crippen LogP) is 4.23. The third-order valence-corrected chi connectivity index (χ3v) is 3.04. The first-order chi connectivity index (χ1) is 5.69. The lowest BCUT2D eigenvalue weighted by molar-refractivity contribution is 0.829. The molecular weight excluding hydrogens is 144 g/mol. The standard InChI is InChI=1S/C12H20/c1-5-11-7-9(3)10(4)8-12(11)6-2/h5-8H2,1-4H3. The number of hydrogen-bond donors (Lipinski definition) is 0. The van der Waals surface area contributed by atoms with E-state index in [0.717, 1.165) is 0 Å². The minimum Gasteiger partial charge on any atom is -0.0700 e. The van der Waals surface area contributed by atoms with Crippen LogP contribution in [0.1, 0.15) is 53.4 Å². The van der Waals surface area contributed by atoms with Gasteiger partial charge in [-0.15, -0.1) is 0 Å². The zero-order chi connectivity index (χ0) is 9.14. The van der Waals surface area contributed by atoms with Crippen molar-refractivity contribution in [3.05, 3.63) is 22.3 Å². The first-order valence-electron chi connectivity index (χ1n) is 5.04. The zero-order valence-electron chi connectivity index (χ0n) is 8.83. The molecule has 0 nitrogen and oxygen atoms in total. The second-order valence-corrected chi connectivity index (χ2v) is 3.83. The van der Waals surface area contributed by atoms with Gasteiger partial charge in [0.25, 0.3) is 0 Å². The lowest BCUT2D eigenvalue weighted by atomic mass is 9.85. The molecule has 0 amide bonds. The molecule has 0 heteroatoms. The fourth-order valence-electron chi connectivity index (χ4n) is 1.94. The predicted molar refractivity (Wildman–Crippen MR) is 55.2 cm³/mol. The molecule has 0 spiro atoms. The summed E-state index contributed by atoms with van der Waals surface area (Å²) in [6.45, 7) is 9.10. The smallest absolute Gasteiger partial charge is 0.0106 e. The Kier molecular flexibility index (Phi) is 3.13. The van der Waals surface area contributed by atoms with Crippen LogP contribution in [0.3, 0.4) is 0 Å². The van der Waals surface area contributed by atoms with E-state index in [1.165, 1.54) is 25.7 Å². The molecule has 0 bridgehead atoms. The SMILES string of the molecule is CCC1=C(CC)CC(C)=C(C)C1. The van der Waals surface area contributed by atoms with Gasteiger partial charge in [0.15, 0.2) is 0 Å². The van der Waals surface area contributed by atoms with Crippen LogP contribution in [0.15, 0.2) is 22.3 Å². The molecular formula is C12H20. The lowest BCUT2D eigenvalue weighted by Crippen LogP contribution is -2.01. The van der Waals surface area contributed by atoms with Crippen molar-refractivity contribution >= 4 is 0 Å². The van der Waals surface area contributed by atoms with Gasteiger partial charge in [-0.25, -0.2) is 0 Å². The van der Waals surface area contributed by atoms with Gasteiger partial charge in [0.1, 0.15) is 0 Å². The van der Waals surface area contributed by atoms with Crippen molar-refractivity contribution in [1.29, 1.82) is 0 Å². The van der Waals surface area contributed by atoms with E-state index in [1.54, 1.807) is 22.3 Å². The van der Waals surface area contributed by atoms with E-state index in [-0.39, 0.29) is 0 Å². The molecule has 0 aromatic heterocycles. The summed E-state index contributed by atoms with van der Waals surface area (Å²) in [7, 11) is 0. The van der Waals surface area contributed by atoms with Crippen LogP contribution in [-0.4, -0.2) is 0 Å². The normalized spacial score (nSPS) is 19.0. The van der Waals surface area contributed by atoms with Gasteiger partial charge >= 0.3 is 0 Å². The van der Waals surface area contributed by atoms with E-state index >= 15 is 0 Å². The van der Waals surface area contributed by atoms with Crippen LogP contribution >= 0.6 is 0 Å². The third-order valence-electron chi connectivity index (χ3n) is 3.04. The molecule has 0 unspecified atom stereocenters. The Hall–Kier alpha value is -0.520. The van der Waals surface area contributed by atoms with Crippen molar-refractivity contribution in [3.63, 3.8) is 0 Å². The number of hydrogen-bond acceptors (Lipinski definition) is 0. The largest absolute Gasteiger partial charge is 0.0700 e. The third kappa shape index (κ3) is 1.80. The van der Waals surface area contributed by atoms with Crippen molar-refractivity contribution in [1.82, 2.24) is 0 Å². The van der Waals surface area contributed by atoms with Crippen LogP contribution in [0.25, 0.3) is 0 Å². The molecule has 0 atom stereocenters. The average Bonchev–Trinajstić information content (AvgIpc) is 2.09. The van der Waals surface area contributed by atoms with Crippen molar-refractivity contribution in [2.24, 2.45) is 0 Å². The second kappa shape index (κ2) is 3.93. The molecule has 1 aliphatic carbocycles. The zero-order valence-corrected chi connectivity index (χ0v) is 8.83. The molecule has 0 aliphatic heterocycles. The molecule has 0 aromatic carbocycles. The van der Waals surface area contributed by atoms with Crippen molar-refractivity contribution < 1.29 is 0 Å². The molecule has 0 aromatic rings. The summed E-state index contributed by atoms with van der Waals surface area (Å²) in [5.41, 5.74) is 6.59. The van der Waals surface area contributed by atoms with Crippen LogP contribution in [0.5, 0.6) is 0 Å². The highest BCUT2D eigenvalue weighted by atomic mass is 14.2. The van der Waals surface area contributed by atoms with E-state index in [0.29, 0.717) is 0 Å². The van der Waals surface area contributed by atoms with E-state index in [4.69, 9.17) is 0 Å². The highest BCUT2D eigenvalue weighted by molar-refractivity contribution is 5.32. The van der Waals surface area contributed by atoms with Crippen molar-refractivity contribution in [2.45, 2.75) is 53.4 Å². The van der Waals surface area contributed by atoms with Crippen LogP contribution in [-0.2, 0) is 0 Å². The van der Waals surface area contributed by atoms with Gasteiger partial charge in [-0.1, -0.05) is 36.1 Å². The quantitative estimate of drug-likeness (QED) is 0.536. The number of allylic oxidation sites excluding steroid dienone is 4. The van der Waals surface area contributed by atoms with Crippen molar-refractivity contribution in [3.8, 4) is 0 Å². The van der Waals surface area contributed by atoms with Gasteiger partial charge in [-0.05, 0) is 39.5 Å². The molecule has 0 heterocycles. The molecule has 0 fully saturated rings. The van der Waals surface area contributed by atoms with Gasteiger partial charge in [-0.2, -0.15) is 0 Å². The minimum absolute atomic E-state index is 1.24. The topological polar surface area (TPSA) is 0 Å². The van der Waals surface area contributed by atoms with Crippen LogP contribution in [0.4, 0.5) is 0 Å². The van der Waals surface area contributed by atoms with Gasteiger partial charge in [0, 0.05) is 0 Å². The van der Waals surface area contributed by atoms with E-state index < -0.39 is 0 Å². The summed E-state index contributed by atoms with van der Waals surface area (Å²) in [5.74, 6) is 0. The van der Waals surface area contributed by atoms with E-state index in [2.05, 4.69) is 27.7 Å². The molecule has 1 aliphatic rings. The van der Waals surface area contributed by atoms with Crippen LogP contribution < -0.4 is 0 Å². The average molecular weight is 164 g/mol. The van der Waals surface area contributed by atoms with E-state index in [1.807, 2.05) is 0 Å². The highest BCUT2D eigenvalue weighted by Gasteiger charge is 2.12. The molecule has 1 rings (SSSR count). The molecule has 0 saturated carbocycles. The first kappa shape index (κ1) is 9.57. The summed E-state index contributed by atoms with van der Waals surface area (Å²) in [6, 6.07) is 0. The lowest BCUT2D eigenvalue weighted by Gasteiger charge is -2.21.